The van der Waals surface area contributed by atoms with E-state index in [-0.39, 0.29) is 11.6 Å². The molecule has 1 aliphatic carbocycles. The fourth-order valence-corrected chi connectivity index (χ4v) is 2.67. The van der Waals surface area contributed by atoms with Gasteiger partial charge in [-0.3, -0.25) is 9.59 Å². The van der Waals surface area contributed by atoms with Gasteiger partial charge in [0.1, 0.15) is 0 Å². The van der Waals surface area contributed by atoms with Gasteiger partial charge in [0.15, 0.2) is 5.78 Å². The van der Waals surface area contributed by atoms with E-state index in [1.165, 1.54) is 12.5 Å². The van der Waals surface area contributed by atoms with E-state index in [4.69, 9.17) is 0 Å². The number of carbonyl (C=O) groups excluding carboxylic acids is 2. The standard InChI is InChI=1S/C16H17BrO2/c1-10(2)4-3-5-11-6-7-12-13(8-11)15(18)9-14(17)16(12)19/h6-10H,3-5H2,1-2H3. The van der Waals surface area contributed by atoms with E-state index in [0.717, 1.165) is 18.4 Å². The highest BCUT2D eigenvalue weighted by atomic mass is 79.9. The van der Waals surface area contributed by atoms with Gasteiger partial charge in [0.05, 0.1) is 4.48 Å². The normalized spacial score (nSPS) is 14.6. The number of carbonyl (C=O) groups is 2. The molecule has 0 spiro atoms. The third kappa shape index (κ3) is 3.21. The van der Waals surface area contributed by atoms with Crippen molar-refractivity contribution in [1.82, 2.24) is 0 Å². The van der Waals surface area contributed by atoms with Crippen LogP contribution in [0.3, 0.4) is 0 Å². The average Bonchev–Trinajstić information content (AvgIpc) is 2.36. The van der Waals surface area contributed by atoms with E-state index < -0.39 is 0 Å². The molecule has 0 aliphatic heterocycles. The summed E-state index contributed by atoms with van der Waals surface area (Å²) in [5.74, 6) is 0.496. The lowest BCUT2D eigenvalue weighted by Crippen LogP contribution is -2.14. The molecular formula is C16H17BrO2. The van der Waals surface area contributed by atoms with Crippen LogP contribution in [0.25, 0.3) is 0 Å². The largest absolute Gasteiger partial charge is 0.289 e. The minimum Gasteiger partial charge on any atom is -0.289 e. The van der Waals surface area contributed by atoms with E-state index in [9.17, 15) is 9.59 Å². The van der Waals surface area contributed by atoms with Gasteiger partial charge in [-0.05, 0) is 52.4 Å². The molecule has 2 nitrogen and oxygen atoms in total. The lowest BCUT2D eigenvalue weighted by Gasteiger charge is -2.13. The summed E-state index contributed by atoms with van der Waals surface area (Å²) in [6.45, 7) is 4.41. The van der Waals surface area contributed by atoms with Crippen molar-refractivity contribution in [2.24, 2.45) is 5.92 Å². The van der Waals surface area contributed by atoms with Gasteiger partial charge in [0.2, 0.25) is 5.78 Å². The highest BCUT2D eigenvalue weighted by molar-refractivity contribution is 9.12. The zero-order chi connectivity index (χ0) is 14.0. The lowest BCUT2D eigenvalue weighted by atomic mass is 9.91. The number of benzene rings is 1. The first-order valence-corrected chi connectivity index (χ1v) is 7.37. The molecule has 1 aliphatic rings. The Labute approximate surface area is 122 Å². The van der Waals surface area contributed by atoms with Gasteiger partial charge in [-0.2, -0.15) is 0 Å². The molecule has 0 N–H and O–H groups in total. The van der Waals surface area contributed by atoms with E-state index in [2.05, 4.69) is 29.8 Å². The SMILES string of the molecule is CC(C)CCCc1ccc2c(c1)C(=O)C=C(Br)C2=O. The first kappa shape index (κ1) is 14.2. The van der Waals surface area contributed by atoms with Crippen LogP contribution < -0.4 is 0 Å². The molecule has 0 amide bonds. The van der Waals surface area contributed by atoms with Gasteiger partial charge in [0, 0.05) is 17.2 Å². The Bertz CT molecular complexity index is 556. The molecule has 0 heterocycles. The summed E-state index contributed by atoms with van der Waals surface area (Å²) < 4.78 is 0.345. The minimum absolute atomic E-state index is 0.0906. The molecular weight excluding hydrogens is 304 g/mol. The fraction of sp³-hybridized carbons (Fsp3) is 0.375. The summed E-state index contributed by atoms with van der Waals surface area (Å²) in [5.41, 5.74) is 2.18. The van der Waals surface area contributed by atoms with Crippen molar-refractivity contribution in [2.45, 2.75) is 33.1 Å². The average molecular weight is 321 g/mol. The van der Waals surface area contributed by atoms with Crippen LogP contribution in [0.5, 0.6) is 0 Å². The summed E-state index contributed by atoms with van der Waals surface area (Å²) >= 11 is 3.13. The van der Waals surface area contributed by atoms with Gasteiger partial charge >= 0.3 is 0 Å². The summed E-state index contributed by atoms with van der Waals surface area (Å²) in [6, 6.07) is 5.59. The second-order valence-electron chi connectivity index (χ2n) is 5.35. The maximum absolute atomic E-state index is 11.9. The first-order valence-electron chi connectivity index (χ1n) is 6.58. The summed E-state index contributed by atoms with van der Waals surface area (Å²) in [4.78, 5) is 23.8. The molecule has 1 aromatic rings. The smallest absolute Gasteiger partial charge is 0.200 e. The molecule has 0 unspecified atom stereocenters. The number of hydrogen-bond acceptors (Lipinski definition) is 2. The Hall–Kier alpha value is -1.22. The molecule has 19 heavy (non-hydrogen) atoms. The second kappa shape index (κ2) is 5.83. The summed E-state index contributed by atoms with van der Waals surface area (Å²) in [7, 11) is 0. The zero-order valence-corrected chi connectivity index (χ0v) is 12.8. The molecule has 3 heteroatoms. The van der Waals surface area contributed by atoms with Crippen molar-refractivity contribution < 1.29 is 9.59 Å². The van der Waals surface area contributed by atoms with Crippen molar-refractivity contribution in [3.8, 4) is 0 Å². The number of rotatable bonds is 4. The number of hydrogen-bond donors (Lipinski definition) is 0. The van der Waals surface area contributed by atoms with E-state index in [1.807, 2.05) is 12.1 Å². The monoisotopic (exact) mass is 320 g/mol. The van der Waals surface area contributed by atoms with Crippen LogP contribution in [-0.4, -0.2) is 11.6 Å². The first-order chi connectivity index (χ1) is 8.99. The Morgan fingerprint density at radius 1 is 1.16 bits per heavy atom. The maximum atomic E-state index is 11.9. The molecule has 2 rings (SSSR count). The predicted molar refractivity (Wildman–Crippen MR) is 79.9 cm³/mol. The molecule has 0 fully saturated rings. The van der Waals surface area contributed by atoms with Gasteiger partial charge in [-0.25, -0.2) is 0 Å². The van der Waals surface area contributed by atoms with Crippen molar-refractivity contribution >= 4 is 27.5 Å². The van der Waals surface area contributed by atoms with Crippen molar-refractivity contribution in [3.05, 3.63) is 45.4 Å². The van der Waals surface area contributed by atoms with Gasteiger partial charge in [-0.1, -0.05) is 26.3 Å². The molecule has 0 saturated carbocycles. The minimum atomic E-state index is -0.108. The van der Waals surface area contributed by atoms with Crippen LogP contribution >= 0.6 is 15.9 Å². The summed E-state index contributed by atoms with van der Waals surface area (Å²) in [6.07, 6.45) is 4.61. The van der Waals surface area contributed by atoms with Crippen molar-refractivity contribution in [3.63, 3.8) is 0 Å². The van der Waals surface area contributed by atoms with Gasteiger partial charge in [-0.15, -0.1) is 0 Å². The van der Waals surface area contributed by atoms with Gasteiger partial charge in [0.25, 0.3) is 0 Å². The molecule has 0 aromatic heterocycles. The van der Waals surface area contributed by atoms with Crippen LogP contribution in [-0.2, 0) is 6.42 Å². The zero-order valence-electron chi connectivity index (χ0n) is 11.2. The van der Waals surface area contributed by atoms with Crippen molar-refractivity contribution in [2.75, 3.05) is 0 Å². The highest BCUT2D eigenvalue weighted by Crippen LogP contribution is 2.26. The second-order valence-corrected chi connectivity index (χ2v) is 6.21. The molecule has 0 saturated heterocycles. The Kier molecular flexibility index (Phi) is 4.35. The van der Waals surface area contributed by atoms with Crippen LogP contribution in [0.4, 0.5) is 0 Å². The predicted octanol–water partition coefficient (Wildman–Crippen LogP) is 4.32. The molecule has 0 bridgehead atoms. The van der Waals surface area contributed by atoms with Crippen molar-refractivity contribution in [1.29, 1.82) is 0 Å². The van der Waals surface area contributed by atoms with E-state index >= 15 is 0 Å². The third-order valence-corrected chi connectivity index (χ3v) is 3.90. The number of Topliss-reactive ketones (excluding diaryl/α,β-unsaturated/α-hetero) is 1. The number of ketones is 2. The number of allylic oxidation sites excluding steroid dienone is 2. The molecule has 100 valence electrons. The van der Waals surface area contributed by atoms with Crippen LogP contribution in [0.2, 0.25) is 0 Å². The lowest BCUT2D eigenvalue weighted by molar-refractivity contribution is 0.0991. The Morgan fingerprint density at radius 2 is 1.89 bits per heavy atom. The Morgan fingerprint density at radius 3 is 2.58 bits per heavy atom. The van der Waals surface area contributed by atoms with E-state index in [0.29, 0.717) is 21.5 Å². The quantitative estimate of drug-likeness (QED) is 0.827. The highest BCUT2D eigenvalue weighted by Gasteiger charge is 2.24. The van der Waals surface area contributed by atoms with Gasteiger partial charge < -0.3 is 0 Å². The topological polar surface area (TPSA) is 34.1 Å². The van der Waals surface area contributed by atoms with E-state index in [1.54, 1.807) is 6.07 Å². The van der Waals surface area contributed by atoms with Crippen LogP contribution in [0, 0.1) is 5.92 Å². The third-order valence-electron chi connectivity index (χ3n) is 3.32. The number of halogens is 1. The number of fused-ring (bicyclic) bond motifs is 1. The molecule has 0 radical (unpaired) electrons. The number of aryl methyl sites for hydroxylation is 1. The molecule has 1 aromatic carbocycles. The molecule has 0 atom stereocenters. The Balaban J connectivity index is 2.19. The summed E-state index contributed by atoms with van der Waals surface area (Å²) in [5, 5.41) is 0. The fourth-order valence-electron chi connectivity index (χ4n) is 2.25. The van der Waals surface area contributed by atoms with Crippen LogP contribution in [0.1, 0.15) is 53.0 Å². The maximum Gasteiger partial charge on any atom is 0.200 e. The van der Waals surface area contributed by atoms with Crippen LogP contribution in [0.15, 0.2) is 28.8 Å².